The Hall–Kier alpha value is -1.67. The topological polar surface area (TPSA) is 26.3 Å². The van der Waals surface area contributed by atoms with Crippen molar-refractivity contribution < 1.29 is 9.53 Å². The van der Waals surface area contributed by atoms with Gasteiger partial charge in [-0.1, -0.05) is 49.4 Å². The Kier molecular flexibility index (Phi) is 4.11. The molecule has 2 rings (SSSR count). The molecular weight excluding hydrogens is 224 g/mol. The summed E-state index contributed by atoms with van der Waals surface area (Å²) in [4.78, 5) is 12.1. The molecule has 0 saturated carbocycles. The molecule has 0 amide bonds. The van der Waals surface area contributed by atoms with Gasteiger partial charge < -0.3 is 4.74 Å². The van der Waals surface area contributed by atoms with Gasteiger partial charge in [-0.05, 0) is 22.8 Å². The minimum absolute atomic E-state index is 0.149. The van der Waals surface area contributed by atoms with Crippen molar-refractivity contribution in [2.75, 3.05) is 7.11 Å². The average molecular weight is 242 g/mol. The van der Waals surface area contributed by atoms with Crippen LogP contribution in [0.15, 0.2) is 42.5 Å². The lowest BCUT2D eigenvalue weighted by Crippen LogP contribution is -2.23. The zero-order valence-corrected chi connectivity index (χ0v) is 10.8. The van der Waals surface area contributed by atoms with Crippen LogP contribution in [0, 0.1) is 0 Å². The van der Waals surface area contributed by atoms with Gasteiger partial charge in [0.1, 0.15) is 6.10 Å². The van der Waals surface area contributed by atoms with Crippen molar-refractivity contribution in [1.29, 1.82) is 0 Å². The van der Waals surface area contributed by atoms with E-state index >= 15 is 0 Å². The number of hydrogen-bond donors (Lipinski definition) is 0. The lowest BCUT2D eigenvalue weighted by molar-refractivity contribution is -0.128. The van der Waals surface area contributed by atoms with Gasteiger partial charge in [0, 0.05) is 13.5 Å². The molecule has 0 bridgehead atoms. The summed E-state index contributed by atoms with van der Waals surface area (Å²) in [6, 6.07) is 14.2. The zero-order valence-electron chi connectivity index (χ0n) is 10.8. The minimum Gasteiger partial charge on any atom is -0.374 e. The summed E-state index contributed by atoms with van der Waals surface area (Å²) in [5, 5.41) is 2.33. The summed E-state index contributed by atoms with van der Waals surface area (Å²) in [5.41, 5.74) is 1.08. The largest absolute Gasteiger partial charge is 0.374 e. The molecule has 18 heavy (non-hydrogen) atoms. The van der Waals surface area contributed by atoms with Crippen molar-refractivity contribution in [3.05, 3.63) is 48.0 Å². The van der Waals surface area contributed by atoms with E-state index < -0.39 is 0 Å². The maximum atomic E-state index is 12.1. The van der Waals surface area contributed by atoms with E-state index in [9.17, 15) is 4.79 Å². The number of carbonyl (C=O) groups is 1. The number of ketones is 1. The molecule has 0 aliphatic heterocycles. The Morgan fingerprint density at radius 2 is 1.89 bits per heavy atom. The van der Waals surface area contributed by atoms with Gasteiger partial charge in [-0.3, -0.25) is 4.79 Å². The van der Waals surface area contributed by atoms with Gasteiger partial charge in [-0.15, -0.1) is 0 Å². The fourth-order valence-corrected chi connectivity index (χ4v) is 2.27. The van der Waals surface area contributed by atoms with Crippen molar-refractivity contribution >= 4 is 16.6 Å². The van der Waals surface area contributed by atoms with Crippen LogP contribution in [0.4, 0.5) is 0 Å². The van der Waals surface area contributed by atoms with Gasteiger partial charge in [0.2, 0.25) is 0 Å². The van der Waals surface area contributed by atoms with E-state index in [4.69, 9.17) is 4.74 Å². The second-order valence-electron chi connectivity index (χ2n) is 4.41. The lowest BCUT2D eigenvalue weighted by atomic mass is 9.98. The molecular formula is C16H18O2. The van der Waals surface area contributed by atoms with Crippen molar-refractivity contribution in [1.82, 2.24) is 0 Å². The zero-order chi connectivity index (χ0) is 13.0. The summed E-state index contributed by atoms with van der Waals surface area (Å²) in [6.45, 7) is 1.97. The van der Waals surface area contributed by atoms with E-state index in [0.29, 0.717) is 6.42 Å². The van der Waals surface area contributed by atoms with Crippen molar-refractivity contribution in [3.63, 3.8) is 0 Å². The molecule has 0 saturated heterocycles. The molecule has 0 N–H and O–H groups in total. The van der Waals surface area contributed by atoms with Crippen LogP contribution in [0.5, 0.6) is 0 Å². The summed E-state index contributed by atoms with van der Waals surface area (Å²) < 4.78 is 5.20. The summed E-state index contributed by atoms with van der Waals surface area (Å²) in [6.07, 6.45) is 0.873. The monoisotopic (exact) mass is 242 g/mol. The number of ether oxygens (including phenoxy) is 1. The van der Waals surface area contributed by atoms with E-state index in [1.807, 2.05) is 31.2 Å². The number of Topliss-reactive ketones (excluding diaryl/α,β-unsaturated/α-hetero) is 1. The molecule has 0 aliphatic rings. The van der Waals surface area contributed by atoms with Crippen molar-refractivity contribution in [2.45, 2.75) is 25.9 Å². The fourth-order valence-electron chi connectivity index (χ4n) is 2.27. The van der Waals surface area contributed by atoms with Crippen LogP contribution in [-0.4, -0.2) is 19.0 Å². The fraction of sp³-hybridized carbons (Fsp3) is 0.312. The molecule has 2 heteroatoms. The quantitative estimate of drug-likeness (QED) is 0.803. The normalized spacial score (nSPS) is 12.6. The summed E-state index contributed by atoms with van der Waals surface area (Å²) >= 11 is 0. The maximum absolute atomic E-state index is 12.1. The molecule has 1 atom stereocenters. The number of carbonyl (C=O) groups excluding carboxylic acids is 1. The van der Waals surface area contributed by atoms with Crippen molar-refractivity contribution in [2.24, 2.45) is 0 Å². The maximum Gasteiger partial charge on any atom is 0.165 e. The van der Waals surface area contributed by atoms with Crippen LogP contribution < -0.4 is 0 Å². The molecule has 0 heterocycles. The number of methoxy groups -OCH3 is 1. The Labute approximate surface area is 108 Å². The molecule has 2 aromatic rings. The van der Waals surface area contributed by atoms with Crippen LogP contribution in [0.25, 0.3) is 10.8 Å². The molecule has 0 spiro atoms. The number of benzene rings is 2. The predicted octanol–water partition coefficient (Wildman–Crippen LogP) is 3.38. The van der Waals surface area contributed by atoms with Gasteiger partial charge in [-0.25, -0.2) is 0 Å². The average Bonchev–Trinajstić information content (AvgIpc) is 2.40. The standard InChI is InChI=1S/C16H18O2/c1-3-16(18-2)15(17)11-13-9-6-8-12-7-4-5-10-14(12)13/h4-10,16H,3,11H2,1-2H3. The third-order valence-electron chi connectivity index (χ3n) is 3.26. The first-order valence-electron chi connectivity index (χ1n) is 6.28. The third-order valence-corrected chi connectivity index (χ3v) is 3.26. The van der Waals surface area contributed by atoms with E-state index in [0.717, 1.165) is 17.4 Å². The first-order valence-corrected chi connectivity index (χ1v) is 6.28. The van der Waals surface area contributed by atoms with E-state index in [1.54, 1.807) is 7.11 Å². The highest BCUT2D eigenvalue weighted by Crippen LogP contribution is 2.19. The van der Waals surface area contributed by atoms with Crippen LogP contribution >= 0.6 is 0 Å². The molecule has 1 unspecified atom stereocenters. The highest BCUT2D eigenvalue weighted by atomic mass is 16.5. The first kappa shape index (κ1) is 12.8. The smallest absolute Gasteiger partial charge is 0.165 e. The molecule has 94 valence electrons. The molecule has 0 aromatic heterocycles. The lowest BCUT2D eigenvalue weighted by Gasteiger charge is -2.12. The molecule has 2 nitrogen and oxygen atoms in total. The predicted molar refractivity (Wildman–Crippen MR) is 73.7 cm³/mol. The highest BCUT2D eigenvalue weighted by Gasteiger charge is 2.16. The van der Waals surface area contributed by atoms with E-state index in [2.05, 4.69) is 18.2 Å². The molecule has 0 radical (unpaired) electrons. The van der Waals surface area contributed by atoms with Crippen LogP contribution in [0.1, 0.15) is 18.9 Å². The van der Waals surface area contributed by atoms with E-state index in [-0.39, 0.29) is 11.9 Å². The molecule has 0 fully saturated rings. The Bertz CT molecular complexity index is 536. The van der Waals surface area contributed by atoms with Gasteiger partial charge in [0.05, 0.1) is 0 Å². The minimum atomic E-state index is -0.288. The second-order valence-corrected chi connectivity index (χ2v) is 4.41. The Balaban J connectivity index is 2.29. The SMILES string of the molecule is CCC(OC)C(=O)Cc1cccc2ccccc12. The van der Waals surface area contributed by atoms with Crippen LogP contribution in [0.3, 0.4) is 0 Å². The third kappa shape index (κ3) is 2.59. The van der Waals surface area contributed by atoms with Crippen molar-refractivity contribution in [3.8, 4) is 0 Å². The summed E-state index contributed by atoms with van der Waals surface area (Å²) in [5.74, 6) is 0.149. The summed E-state index contributed by atoms with van der Waals surface area (Å²) in [7, 11) is 1.59. The van der Waals surface area contributed by atoms with E-state index in [1.165, 1.54) is 5.39 Å². The van der Waals surface area contributed by atoms with Gasteiger partial charge in [-0.2, -0.15) is 0 Å². The number of fused-ring (bicyclic) bond motifs is 1. The van der Waals surface area contributed by atoms with Gasteiger partial charge in [0.25, 0.3) is 0 Å². The van der Waals surface area contributed by atoms with Gasteiger partial charge >= 0.3 is 0 Å². The number of rotatable bonds is 5. The first-order chi connectivity index (χ1) is 8.76. The van der Waals surface area contributed by atoms with Gasteiger partial charge in [0.15, 0.2) is 5.78 Å². The molecule has 2 aromatic carbocycles. The Morgan fingerprint density at radius 3 is 2.61 bits per heavy atom. The van der Waals surface area contributed by atoms with Crippen LogP contribution in [-0.2, 0) is 16.0 Å². The van der Waals surface area contributed by atoms with Crippen LogP contribution in [0.2, 0.25) is 0 Å². The highest BCUT2D eigenvalue weighted by molar-refractivity contribution is 5.92. The molecule has 0 aliphatic carbocycles. The second kappa shape index (κ2) is 5.78. The number of hydrogen-bond acceptors (Lipinski definition) is 2. The Morgan fingerprint density at radius 1 is 1.17 bits per heavy atom.